The molecule has 0 aromatic heterocycles. The highest BCUT2D eigenvalue weighted by Crippen LogP contribution is 2.17. The van der Waals surface area contributed by atoms with Gasteiger partial charge in [0.1, 0.15) is 0 Å². The highest BCUT2D eigenvalue weighted by Gasteiger charge is 2.11. The molecule has 0 saturated heterocycles. The molecule has 1 atom stereocenters. The number of nitrogens with one attached hydrogen (secondary N) is 1. The van der Waals surface area contributed by atoms with Crippen LogP contribution < -0.4 is 11.1 Å². The average Bonchev–Trinajstić information content (AvgIpc) is 2.34. The number of hydrogen-bond donors (Lipinski definition) is 2. The Morgan fingerprint density at radius 3 is 2.59 bits per heavy atom. The van der Waals surface area contributed by atoms with Gasteiger partial charge in [0.05, 0.1) is 0 Å². The molecule has 3 N–H and O–H groups in total. The van der Waals surface area contributed by atoms with Gasteiger partial charge in [-0.3, -0.25) is 0 Å². The molecule has 0 aliphatic rings. The average molecular weight is 235 g/mol. The van der Waals surface area contributed by atoms with Crippen LogP contribution in [0.5, 0.6) is 0 Å². The molecule has 1 unspecified atom stereocenters. The Balaban J connectivity index is 2.65. The van der Waals surface area contributed by atoms with E-state index in [-0.39, 0.29) is 6.04 Å². The summed E-state index contributed by atoms with van der Waals surface area (Å²) in [6.45, 7) is 4.83. The second kappa shape index (κ2) is 7.43. The maximum atomic E-state index is 5.87. The fraction of sp³-hybridized carbons (Fsp3) is 0.571. The zero-order chi connectivity index (χ0) is 12.7. The van der Waals surface area contributed by atoms with Crippen LogP contribution >= 0.6 is 0 Å². The van der Waals surface area contributed by atoms with E-state index in [0.717, 1.165) is 19.5 Å². The maximum Gasteiger partial charge on any atom is 0.0447 e. The zero-order valence-corrected chi connectivity index (χ0v) is 11.2. The summed E-state index contributed by atoms with van der Waals surface area (Å²) < 4.78 is 0. The lowest BCUT2D eigenvalue weighted by Crippen LogP contribution is -2.34. The number of likely N-dealkylation sites (N-methyl/N-ethyl adjacent to an activating group) is 1. The van der Waals surface area contributed by atoms with Gasteiger partial charge in [-0.2, -0.15) is 0 Å². The molecule has 1 rings (SSSR count). The molecule has 0 aliphatic carbocycles. The smallest absolute Gasteiger partial charge is 0.0447 e. The molecular weight excluding hydrogens is 210 g/mol. The summed E-state index contributed by atoms with van der Waals surface area (Å²) in [5, 5.41) is 3.53. The van der Waals surface area contributed by atoms with Crippen molar-refractivity contribution in [1.29, 1.82) is 0 Å². The Hall–Kier alpha value is -0.900. The van der Waals surface area contributed by atoms with Gasteiger partial charge in [-0.25, -0.2) is 0 Å². The van der Waals surface area contributed by atoms with Crippen molar-refractivity contribution in [3.05, 3.63) is 35.4 Å². The minimum absolute atomic E-state index is 0.270. The zero-order valence-electron chi connectivity index (χ0n) is 11.2. The first-order chi connectivity index (χ1) is 8.19. The van der Waals surface area contributed by atoms with E-state index in [1.165, 1.54) is 11.1 Å². The van der Waals surface area contributed by atoms with E-state index in [4.69, 9.17) is 5.73 Å². The van der Waals surface area contributed by atoms with Crippen molar-refractivity contribution >= 4 is 0 Å². The lowest BCUT2D eigenvalue weighted by Gasteiger charge is -2.21. The SMILES string of the molecule is CCc1ccccc1C(CN)NCCN(C)C. The van der Waals surface area contributed by atoms with Crippen LogP contribution in [0.2, 0.25) is 0 Å². The van der Waals surface area contributed by atoms with Crippen LogP contribution in [0.3, 0.4) is 0 Å². The van der Waals surface area contributed by atoms with Gasteiger partial charge >= 0.3 is 0 Å². The third-order valence-electron chi connectivity index (χ3n) is 3.00. The van der Waals surface area contributed by atoms with Crippen LogP contribution in [0, 0.1) is 0 Å². The summed E-state index contributed by atoms with van der Waals surface area (Å²) >= 11 is 0. The first kappa shape index (κ1) is 14.2. The first-order valence-electron chi connectivity index (χ1n) is 6.35. The van der Waals surface area contributed by atoms with Crippen molar-refractivity contribution in [3.63, 3.8) is 0 Å². The largest absolute Gasteiger partial charge is 0.329 e. The Bertz CT molecular complexity index is 323. The molecule has 0 amide bonds. The van der Waals surface area contributed by atoms with Crippen molar-refractivity contribution in [3.8, 4) is 0 Å². The van der Waals surface area contributed by atoms with Crippen LogP contribution in [0.1, 0.15) is 24.1 Å². The van der Waals surface area contributed by atoms with E-state index in [2.05, 4.69) is 55.5 Å². The topological polar surface area (TPSA) is 41.3 Å². The molecule has 0 fully saturated rings. The Labute approximate surface area is 105 Å². The van der Waals surface area contributed by atoms with Gasteiger partial charge < -0.3 is 16.0 Å². The van der Waals surface area contributed by atoms with Crippen molar-refractivity contribution < 1.29 is 0 Å². The minimum atomic E-state index is 0.270. The van der Waals surface area contributed by atoms with Crippen molar-refractivity contribution in [2.24, 2.45) is 5.73 Å². The summed E-state index contributed by atoms with van der Waals surface area (Å²) in [6.07, 6.45) is 1.06. The molecule has 3 heteroatoms. The Morgan fingerprint density at radius 1 is 1.29 bits per heavy atom. The van der Waals surface area contributed by atoms with Gasteiger partial charge in [-0.05, 0) is 31.6 Å². The quantitative estimate of drug-likeness (QED) is 0.750. The number of aryl methyl sites for hydroxylation is 1. The molecule has 0 saturated carbocycles. The van der Waals surface area contributed by atoms with E-state index in [9.17, 15) is 0 Å². The van der Waals surface area contributed by atoms with Crippen LogP contribution in [0.4, 0.5) is 0 Å². The number of nitrogens with two attached hydrogens (primary N) is 1. The summed E-state index contributed by atoms with van der Waals surface area (Å²) in [6, 6.07) is 8.82. The lowest BCUT2D eigenvalue weighted by molar-refractivity contribution is 0.385. The molecule has 0 radical (unpaired) electrons. The monoisotopic (exact) mass is 235 g/mol. The van der Waals surface area contributed by atoms with E-state index in [1.807, 2.05) is 0 Å². The van der Waals surface area contributed by atoms with Gasteiger partial charge in [0.2, 0.25) is 0 Å². The lowest BCUT2D eigenvalue weighted by atomic mass is 9.98. The van der Waals surface area contributed by atoms with Crippen LogP contribution in [-0.2, 0) is 6.42 Å². The highest BCUT2D eigenvalue weighted by molar-refractivity contribution is 5.30. The third kappa shape index (κ3) is 4.46. The van der Waals surface area contributed by atoms with E-state index in [0.29, 0.717) is 6.54 Å². The maximum absolute atomic E-state index is 5.87. The van der Waals surface area contributed by atoms with Gasteiger partial charge in [0.15, 0.2) is 0 Å². The van der Waals surface area contributed by atoms with E-state index < -0.39 is 0 Å². The predicted octanol–water partition coefficient (Wildman–Crippen LogP) is 1.40. The first-order valence-corrected chi connectivity index (χ1v) is 6.35. The summed E-state index contributed by atoms with van der Waals surface area (Å²) in [7, 11) is 4.16. The molecule has 17 heavy (non-hydrogen) atoms. The summed E-state index contributed by atoms with van der Waals surface area (Å²) in [5.41, 5.74) is 8.60. The molecule has 0 aliphatic heterocycles. The molecule has 0 heterocycles. The van der Waals surface area contributed by atoms with Gasteiger partial charge in [0.25, 0.3) is 0 Å². The van der Waals surface area contributed by atoms with E-state index >= 15 is 0 Å². The standard InChI is InChI=1S/C14H25N3/c1-4-12-7-5-6-8-13(12)14(11-15)16-9-10-17(2)3/h5-8,14,16H,4,9-11,15H2,1-3H3. The molecule has 0 spiro atoms. The number of rotatable bonds is 7. The second-order valence-electron chi connectivity index (χ2n) is 4.60. The fourth-order valence-corrected chi connectivity index (χ4v) is 1.98. The van der Waals surface area contributed by atoms with Crippen molar-refractivity contribution in [2.45, 2.75) is 19.4 Å². The number of hydrogen-bond acceptors (Lipinski definition) is 3. The van der Waals surface area contributed by atoms with E-state index in [1.54, 1.807) is 0 Å². The molecule has 96 valence electrons. The predicted molar refractivity (Wildman–Crippen MR) is 74.2 cm³/mol. The molecule has 1 aromatic rings. The van der Waals surface area contributed by atoms with Crippen LogP contribution in [-0.4, -0.2) is 38.6 Å². The van der Waals surface area contributed by atoms with Crippen LogP contribution in [0.25, 0.3) is 0 Å². The number of benzene rings is 1. The number of nitrogens with zero attached hydrogens (tertiary/aromatic N) is 1. The Morgan fingerprint density at radius 2 is 2.00 bits per heavy atom. The van der Waals surface area contributed by atoms with Crippen LogP contribution in [0.15, 0.2) is 24.3 Å². The minimum Gasteiger partial charge on any atom is -0.329 e. The normalized spacial score (nSPS) is 13.0. The summed E-state index contributed by atoms with van der Waals surface area (Å²) in [5.74, 6) is 0. The molecular formula is C14H25N3. The molecule has 0 bridgehead atoms. The molecule has 3 nitrogen and oxygen atoms in total. The fourth-order valence-electron chi connectivity index (χ4n) is 1.98. The van der Waals surface area contributed by atoms with Gasteiger partial charge in [-0.15, -0.1) is 0 Å². The molecule has 1 aromatic carbocycles. The summed E-state index contributed by atoms with van der Waals surface area (Å²) in [4.78, 5) is 2.17. The van der Waals surface area contributed by atoms with Gasteiger partial charge in [0, 0.05) is 25.7 Å². The van der Waals surface area contributed by atoms with Crippen molar-refractivity contribution in [2.75, 3.05) is 33.7 Å². The third-order valence-corrected chi connectivity index (χ3v) is 3.00. The Kier molecular flexibility index (Phi) is 6.19. The van der Waals surface area contributed by atoms with Crippen molar-refractivity contribution in [1.82, 2.24) is 10.2 Å². The van der Waals surface area contributed by atoms with Gasteiger partial charge in [-0.1, -0.05) is 31.2 Å². The highest BCUT2D eigenvalue weighted by atomic mass is 15.1. The second-order valence-corrected chi connectivity index (χ2v) is 4.60.